The zero-order chi connectivity index (χ0) is 18.1. The van der Waals surface area contributed by atoms with Crippen LogP contribution in [0.1, 0.15) is 0 Å². The van der Waals surface area contributed by atoms with E-state index in [0.29, 0.717) is 5.95 Å². The molecule has 2 N–H and O–H groups in total. The maximum Gasteiger partial charge on any atom is 0.240 e. The van der Waals surface area contributed by atoms with Crippen molar-refractivity contribution in [2.24, 2.45) is 0 Å². The molecule has 5 heteroatoms. The molecule has 0 fully saturated rings. The Morgan fingerprint density at radius 3 is 1.81 bits per heavy atom. The van der Waals surface area contributed by atoms with Gasteiger partial charge in [0, 0.05) is 33.7 Å². The largest absolute Gasteiger partial charge is 0.330 e. The van der Waals surface area contributed by atoms with E-state index in [-0.39, 0.29) is 0 Å². The number of anilines is 4. The highest BCUT2D eigenvalue weighted by atomic mass is 32.1. The highest BCUT2D eigenvalue weighted by Crippen LogP contribution is 2.29. The molecular formula is C22H16N4S. The van der Waals surface area contributed by atoms with Gasteiger partial charge in [-0.25, -0.2) is 0 Å². The summed E-state index contributed by atoms with van der Waals surface area (Å²) in [6.45, 7) is 0. The fourth-order valence-electron chi connectivity index (χ4n) is 3.23. The molecule has 1 heterocycles. The number of hydrogen-bond acceptors (Lipinski definition) is 5. The van der Waals surface area contributed by atoms with E-state index >= 15 is 0 Å². The maximum atomic E-state index is 4.60. The summed E-state index contributed by atoms with van der Waals surface area (Å²) < 4.78 is 4.45. The molecule has 0 radical (unpaired) electrons. The Morgan fingerprint density at radius 2 is 1.15 bits per heavy atom. The van der Waals surface area contributed by atoms with Gasteiger partial charge in [0.15, 0.2) is 0 Å². The number of nitrogens with zero attached hydrogens (tertiary/aromatic N) is 2. The van der Waals surface area contributed by atoms with E-state index in [4.69, 9.17) is 0 Å². The first kappa shape index (κ1) is 15.8. The van der Waals surface area contributed by atoms with E-state index in [1.807, 2.05) is 42.5 Å². The van der Waals surface area contributed by atoms with Crippen LogP contribution in [-0.2, 0) is 0 Å². The maximum absolute atomic E-state index is 4.60. The Balaban J connectivity index is 1.43. The average molecular weight is 368 g/mol. The fraction of sp³-hybridized carbons (Fsp3) is 0. The first-order valence-electron chi connectivity index (χ1n) is 8.70. The lowest BCUT2D eigenvalue weighted by molar-refractivity contribution is 1.30. The van der Waals surface area contributed by atoms with Crippen molar-refractivity contribution >= 4 is 55.5 Å². The van der Waals surface area contributed by atoms with Crippen LogP contribution in [0.15, 0.2) is 84.9 Å². The Morgan fingerprint density at radius 1 is 0.593 bits per heavy atom. The number of fused-ring (bicyclic) bond motifs is 2. The lowest BCUT2D eigenvalue weighted by atomic mass is 10.1. The summed E-state index contributed by atoms with van der Waals surface area (Å²) >= 11 is 1.34. The first-order chi connectivity index (χ1) is 13.4. The van der Waals surface area contributed by atoms with E-state index in [2.05, 4.69) is 62.5 Å². The zero-order valence-electron chi connectivity index (χ0n) is 14.4. The zero-order valence-corrected chi connectivity index (χ0v) is 15.2. The van der Waals surface area contributed by atoms with Crippen molar-refractivity contribution in [2.45, 2.75) is 0 Å². The fourth-order valence-corrected chi connectivity index (χ4v) is 3.77. The van der Waals surface area contributed by atoms with Crippen LogP contribution >= 0.6 is 11.5 Å². The Hall–Kier alpha value is -3.44. The quantitative estimate of drug-likeness (QED) is 0.389. The van der Waals surface area contributed by atoms with Crippen molar-refractivity contribution in [1.82, 2.24) is 9.36 Å². The van der Waals surface area contributed by atoms with E-state index in [1.54, 1.807) is 0 Å². The average Bonchev–Trinajstić information content (AvgIpc) is 3.15. The topological polar surface area (TPSA) is 49.8 Å². The molecule has 0 saturated carbocycles. The summed E-state index contributed by atoms with van der Waals surface area (Å²) in [4.78, 5) is 4.60. The van der Waals surface area contributed by atoms with Gasteiger partial charge in [-0.05, 0) is 22.9 Å². The molecule has 0 spiro atoms. The van der Waals surface area contributed by atoms with Gasteiger partial charge in [0.25, 0.3) is 0 Å². The van der Waals surface area contributed by atoms with Crippen LogP contribution in [0, 0.1) is 0 Å². The lowest BCUT2D eigenvalue weighted by Crippen LogP contribution is -1.95. The predicted octanol–water partition coefficient (Wildman–Crippen LogP) is 6.33. The smallest absolute Gasteiger partial charge is 0.240 e. The van der Waals surface area contributed by atoms with Crippen molar-refractivity contribution in [3.63, 3.8) is 0 Å². The highest BCUT2D eigenvalue weighted by molar-refractivity contribution is 7.10. The van der Waals surface area contributed by atoms with Crippen molar-refractivity contribution in [1.29, 1.82) is 0 Å². The Kier molecular flexibility index (Phi) is 3.92. The Bertz CT molecular complexity index is 1140. The molecule has 0 amide bonds. The van der Waals surface area contributed by atoms with Gasteiger partial charge in [-0.15, -0.1) is 0 Å². The van der Waals surface area contributed by atoms with Crippen LogP contribution in [0.5, 0.6) is 0 Å². The van der Waals surface area contributed by atoms with Crippen molar-refractivity contribution in [3.8, 4) is 0 Å². The van der Waals surface area contributed by atoms with Crippen molar-refractivity contribution in [3.05, 3.63) is 84.9 Å². The minimum absolute atomic E-state index is 0.596. The molecule has 0 bridgehead atoms. The molecule has 0 atom stereocenters. The van der Waals surface area contributed by atoms with E-state index < -0.39 is 0 Å². The molecule has 0 aliphatic heterocycles. The van der Waals surface area contributed by atoms with Gasteiger partial charge in [0.05, 0.1) is 0 Å². The molecular weight excluding hydrogens is 352 g/mol. The molecule has 5 aromatic rings. The first-order valence-corrected chi connectivity index (χ1v) is 9.47. The number of aromatic nitrogens is 2. The molecule has 0 aliphatic rings. The van der Waals surface area contributed by atoms with Gasteiger partial charge in [-0.1, -0.05) is 72.8 Å². The standard InChI is InChI=1S/C22H16N4S/c1-3-11-17-15(7-1)9-5-13-19(17)23-21-25-22(27-26-21)24-20-14-6-10-16-8-2-4-12-18(16)20/h1-14H,(H2,23,24,25,26). The third-order valence-corrected chi connectivity index (χ3v) is 5.12. The van der Waals surface area contributed by atoms with Crippen molar-refractivity contribution in [2.75, 3.05) is 10.6 Å². The molecule has 0 unspecified atom stereocenters. The lowest BCUT2D eigenvalue weighted by Gasteiger charge is -2.07. The molecule has 4 aromatic carbocycles. The summed E-state index contributed by atoms with van der Waals surface area (Å²) in [7, 11) is 0. The number of nitrogens with one attached hydrogen (secondary N) is 2. The van der Waals surface area contributed by atoms with Crippen LogP contribution in [0.3, 0.4) is 0 Å². The number of benzene rings is 4. The van der Waals surface area contributed by atoms with Gasteiger partial charge in [-0.3, -0.25) is 0 Å². The number of hydrogen-bond donors (Lipinski definition) is 2. The minimum Gasteiger partial charge on any atom is -0.330 e. The third kappa shape index (κ3) is 3.09. The summed E-state index contributed by atoms with van der Waals surface area (Å²) in [6, 6.07) is 29.0. The number of rotatable bonds is 4. The summed E-state index contributed by atoms with van der Waals surface area (Å²) in [5.41, 5.74) is 2.03. The molecule has 0 aliphatic carbocycles. The van der Waals surface area contributed by atoms with E-state index in [1.165, 1.54) is 27.7 Å². The van der Waals surface area contributed by atoms with Crippen LogP contribution in [0.2, 0.25) is 0 Å². The van der Waals surface area contributed by atoms with Crippen LogP contribution in [0.4, 0.5) is 22.5 Å². The molecule has 1 aromatic heterocycles. The summed E-state index contributed by atoms with van der Waals surface area (Å²) in [6.07, 6.45) is 0. The van der Waals surface area contributed by atoms with Crippen LogP contribution in [0.25, 0.3) is 21.5 Å². The summed E-state index contributed by atoms with van der Waals surface area (Å²) in [5, 5.41) is 12.2. The third-order valence-electron chi connectivity index (χ3n) is 4.49. The molecule has 130 valence electrons. The predicted molar refractivity (Wildman–Crippen MR) is 114 cm³/mol. The SMILES string of the molecule is c1ccc2c(Nc3nsc(Nc4cccc5ccccc45)n3)cccc2c1. The molecule has 5 rings (SSSR count). The second kappa shape index (κ2) is 6.70. The van der Waals surface area contributed by atoms with Crippen molar-refractivity contribution < 1.29 is 0 Å². The second-order valence-corrected chi connectivity index (χ2v) is 6.98. The highest BCUT2D eigenvalue weighted by Gasteiger charge is 2.08. The van der Waals surface area contributed by atoms with Crippen LogP contribution < -0.4 is 10.6 Å². The minimum atomic E-state index is 0.596. The molecule has 27 heavy (non-hydrogen) atoms. The van der Waals surface area contributed by atoms with Crippen LogP contribution in [-0.4, -0.2) is 9.36 Å². The Labute approximate surface area is 160 Å². The van der Waals surface area contributed by atoms with Gasteiger partial charge < -0.3 is 10.6 Å². The normalized spacial score (nSPS) is 11.0. The monoisotopic (exact) mass is 368 g/mol. The summed E-state index contributed by atoms with van der Waals surface area (Å²) in [5.74, 6) is 0.596. The molecule has 4 nitrogen and oxygen atoms in total. The van der Waals surface area contributed by atoms with E-state index in [0.717, 1.165) is 21.9 Å². The molecule has 0 saturated heterocycles. The van der Waals surface area contributed by atoms with Gasteiger partial charge in [0.2, 0.25) is 11.1 Å². The van der Waals surface area contributed by atoms with Gasteiger partial charge in [0.1, 0.15) is 0 Å². The van der Waals surface area contributed by atoms with Gasteiger partial charge in [-0.2, -0.15) is 9.36 Å². The second-order valence-electron chi connectivity index (χ2n) is 6.23. The van der Waals surface area contributed by atoms with E-state index in [9.17, 15) is 0 Å². The van der Waals surface area contributed by atoms with Gasteiger partial charge >= 0.3 is 0 Å².